The van der Waals surface area contributed by atoms with Gasteiger partial charge in [-0.3, -0.25) is 4.79 Å². The number of aliphatic carboxylic acids is 1. The fourth-order valence-corrected chi connectivity index (χ4v) is 3.93. The highest BCUT2D eigenvalue weighted by molar-refractivity contribution is 7.89. The Morgan fingerprint density at radius 1 is 1.48 bits per heavy atom. The lowest BCUT2D eigenvalue weighted by Crippen LogP contribution is -2.38. The first-order valence-electron chi connectivity index (χ1n) is 6.13. The molecule has 0 fully saturated rings. The zero-order valence-electron chi connectivity index (χ0n) is 11.6. The van der Waals surface area contributed by atoms with Crippen LogP contribution in [0.5, 0.6) is 0 Å². The Hall–Kier alpha value is -1.62. The number of carboxylic acid groups (broad SMARTS) is 1. The summed E-state index contributed by atoms with van der Waals surface area (Å²) in [7, 11) is -3.92. The summed E-state index contributed by atoms with van der Waals surface area (Å²) in [6, 6.07) is 5.33. The van der Waals surface area contributed by atoms with Crippen LogP contribution in [0.3, 0.4) is 0 Å². The zero-order chi connectivity index (χ0) is 16.2. The van der Waals surface area contributed by atoms with Gasteiger partial charge in [0.1, 0.15) is 4.90 Å². The third kappa shape index (κ3) is 4.17. The maximum absolute atomic E-state index is 12.6. The Kier molecular flexibility index (Phi) is 5.72. The SMILES string of the molecule is CC(C)N(CCC(=O)O)S(=O)(=O)c1ccc(C#N)cc1Cl. The van der Waals surface area contributed by atoms with Gasteiger partial charge in [0, 0.05) is 12.6 Å². The molecule has 8 heteroatoms. The molecule has 114 valence electrons. The molecular formula is C13H15ClN2O4S. The molecule has 0 saturated heterocycles. The molecule has 0 bridgehead atoms. The normalized spacial score (nSPS) is 11.6. The number of nitriles is 1. The largest absolute Gasteiger partial charge is 0.481 e. The first-order chi connectivity index (χ1) is 9.70. The predicted octanol–water partition coefficient (Wildman–Crippen LogP) is 2.09. The summed E-state index contributed by atoms with van der Waals surface area (Å²) in [5.41, 5.74) is 0.251. The molecule has 0 aromatic heterocycles. The summed E-state index contributed by atoms with van der Waals surface area (Å²) in [5.74, 6) is -1.08. The number of hydrogen-bond acceptors (Lipinski definition) is 4. The fourth-order valence-electron chi connectivity index (χ4n) is 1.77. The van der Waals surface area contributed by atoms with Gasteiger partial charge in [0.25, 0.3) is 0 Å². The average molecular weight is 331 g/mol. The quantitative estimate of drug-likeness (QED) is 0.861. The number of benzene rings is 1. The zero-order valence-corrected chi connectivity index (χ0v) is 13.1. The molecule has 0 heterocycles. The second kappa shape index (κ2) is 6.89. The standard InChI is InChI=1S/C13H15ClN2O4S/c1-9(2)16(6-5-13(17)18)21(19,20)12-4-3-10(8-15)7-11(12)14/h3-4,7,9H,5-6H2,1-2H3,(H,17,18). The Morgan fingerprint density at radius 3 is 2.52 bits per heavy atom. The van der Waals surface area contributed by atoms with Crippen LogP contribution in [-0.2, 0) is 14.8 Å². The molecule has 0 aliphatic carbocycles. The summed E-state index contributed by atoms with van der Waals surface area (Å²) >= 11 is 5.93. The van der Waals surface area contributed by atoms with Crippen LogP contribution >= 0.6 is 11.6 Å². The molecule has 0 unspecified atom stereocenters. The second-order valence-corrected chi connectivity index (χ2v) is 6.88. The molecular weight excluding hydrogens is 316 g/mol. The summed E-state index contributed by atoms with van der Waals surface area (Å²) in [5, 5.41) is 17.4. The molecule has 1 N–H and O–H groups in total. The van der Waals surface area contributed by atoms with Gasteiger partial charge in [-0.05, 0) is 32.0 Å². The maximum atomic E-state index is 12.6. The minimum absolute atomic E-state index is 0.0602. The van der Waals surface area contributed by atoms with E-state index in [-0.39, 0.29) is 28.4 Å². The van der Waals surface area contributed by atoms with E-state index < -0.39 is 22.0 Å². The highest BCUT2D eigenvalue weighted by atomic mass is 35.5. The topological polar surface area (TPSA) is 98.5 Å². The van der Waals surface area contributed by atoms with Crippen molar-refractivity contribution in [3.05, 3.63) is 28.8 Å². The highest BCUT2D eigenvalue weighted by Crippen LogP contribution is 2.27. The van der Waals surface area contributed by atoms with Crippen LogP contribution in [0.15, 0.2) is 23.1 Å². The molecule has 1 aromatic carbocycles. The van der Waals surface area contributed by atoms with Crippen molar-refractivity contribution in [2.45, 2.75) is 31.2 Å². The van der Waals surface area contributed by atoms with Crippen LogP contribution < -0.4 is 0 Å². The summed E-state index contributed by atoms with van der Waals surface area (Å²) in [6.45, 7) is 3.15. The van der Waals surface area contributed by atoms with Crippen molar-refractivity contribution < 1.29 is 18.3 Å². The number of nitrogens with zero attached hydrogens (tertiary/aromatic N) is 2. The molecule has 0 radical (unpaired) electrons. The molecule has 0 spiro atoms. The van der Waals surface area contributed by atoms with E-state index in [1.54, 1.807) is 13.8 Å². The van der Waals surface area contributed by atoms with Crippen LogP contribution in [0.25, 0.3) is 0 Å². The average Bonchev–Trinajstić information content (AvgIpc) is 2.37. The third-order valence-corrected chi connectivity index (χ3v) is 5.33. The first kappa shape index (κ1) is 17.4. The molecule has 0 aliphatic rings. The Balaban J connectivity index is 3.23. The predicted molar refractivity (Wildman–Crippen MR) is 77.4 cm³/mol. The molecule has 1 aromatic rings. The molecule has 21 heavy (non-hydrogen) atoms. The molecule has 6 nitrogen and oxygen atoms in total. The number of carbonyl (C=O) groups is 1. The highest BCUT2D eigenvalue weighted by Gasteiger charge is 2.29. The Morgan fingerprint density at radius 2 is 2.10 bits per heavy atom. The second-order valence-electron chi connectivity index (χ2n) is 4.61. The lowest BCUT2D eigenvalue weighted by Gasteiger charge is -2.25. The van der Waals surface area contributed by atoms with E-state index in [4.69, 9.17) is 22.0 Å². The fraction of sp³-hybridized carbons (Fsp3) is 0.385. The van der Waals surface area contributed by atoms with E-state index in [1.807, 2.05) is 6.07 Å². The summed E-state index contributed by atoms with van der Waals surface area (Å²) in [6.07, 6.45) is -0.300. The van der Waals surface area contributed by atoms with Crippen LogP contribution in [-0.4, -0.2) is 36.4 Å². The van der Waals surface area contributed by atoms with E-state index in [0.717, 1.165) is 4.31 Å². The van der Waals surface area contributed by atoms with E-state index in [9.17, 15) is 13.2 Å². The Labute approximate surface area is 128 Å². The molecule has 0 atom stereocenters. The maximum Gasteiger partial charge on any atom is 0.304 e. The van der Waals surface area contributed by atoms with E-state index in [0.29, 0.717) is 0 Å². The van der Waals surface area contributed by atoms with Crippen LogP contribution in [0.4, 0.5) is 0 Å². The van der Waals surface area contributed by atoms with E-state index in [1.165, 1.54) is 18.2 Å². The van der Waals surface area contributed by atoms with Crippen molar-refractivity contribution in [2.24, 2.45) is 0 Å². The smallest absolute Gasteiger partial charge is 0.304 e. The summed E-state index contributed by atoms with van der Waals surface area (Å²) < 4.78 is 26.2. The number of rotatable bonds is 6. The van der Waals surface area contributed by atoms with Gasteiger partial charge in [-0.2, -0.15) is 9.57 Å². The number of carboxylic acids is 1. The van der Waals surface area contributed by atoms with Crippen molar-refractivity contribution in [1.29, 1.82) is 5.26 Å². The molecule has 0 saturated carbocycles. The van der Waals surface area contributed by atoms with Gasteiger partial charge in [-0.15, -0.1) is 0 Å². The number of halogens is 1. The van der Waals surface area contributed by atoms with Gasteiger partial charge in [0.2, 0.25) is 10.0 Å². The van der Waals surface area contributed by atoms with Gasteiger partial charge in [-0.25, -0.2) is 8.42 Å². The van der Waals surface area contributed by atoms with Gasteiger partial charge < -0.3 is 5.11 Å². The molecule has 0 amide bonds. The van der Waals surface area contributed by atoms with Crippen molar-refractivity contribution >= 4 is 27.6 Å². The number of sulfonamides is 1. The van der Waals surface area contributed by atoms with Crippen LogP contribution in [0, 0.1) is 11.3 Å². The molecule has 1 rings (SSSR count). The minimum atomic E-state index is -3.92. The monoisotopic (exact) mass is 330 g/mol. The van der Waals surface area contributed by atoms with Crippen LogP contribution in [0.1, 0.15) is 25.8 Å². The third-order valence-electron chi connectivity index (χ3n) is 2.77. The van der Waals surface area contributed by atoms with Crippen molar-refractivity contribution in [1.82, 2.24) is 4.31 Å². The van der Waals surface area contributed by atoms with Gasteiger partial charge >= 0.3 is 5.97 Å². The van der Waals surface area contributed by atoms with Crippen molar-refractivity contribution in [3.63, 3.8) is 0 Å². The molecule has 0 aliphatic heterocycles. The first-order valence-corrected chi connectivity index (χ1v) is 7.95. The van der Waals surface area contributed by atoms with E-state index in [2.05, 4.69) is 0 Å². The van der Waals surface area contributed by atoms with Gasteiger partial charge in [-0.1, -0.05) is 11.6 Å². The van der Waals surface area contributed by atoms with E-state index >= 15 is 0 Å². The number of hydrogen-bond donors (Lipinski definition) is 1. The lowest BCUT2D eigenvalue weighted by molar-refractivity contribution is -0.137. The van der Waals surface area contributed by atoms with Gasteiger partial charge in [0.15, 0.2) is 0 Å². The van der Waals surface area contributed by atoms with Crippen molar-refractivity contribution in [3.8, 4) is 6.07 Å². The lowest BCUT2D eigenvalue weighted by atomic mass is 10.2. The Bertz CT molecular complexity index is 680. The van der Waals surface area contributed by atoms with Crippen molar-refractivity contribution in [2.75, 3.05) is 6.54 Å². The van der Waals surface area contributed by atoms with Gasteiger partial charge in [0.05, 0.1) is 23.1 Å². The summed E-state index contributed by atoms with van der Waals surface area (Å²) in [4.78, 5) is 10.5. The van der Waals surface area contributed by atoms with Crippen LogP contribution in [0.2, 0.25) is 5.02 Å². The minimum Gasteiger partial charge on any atom is -0.481 e.